The van der Waals surface area contributed by atoms with Crippen molar-refractivity contribution in [1.29, 1.82) is 0 Å². The molecular weight excluding hydrogens is 296 g/mol. The number of carbonyl (C=O) groups excluding carboxylic acids is 1. The zero-order valence-electron chi connectivity index (χ0n) is 12.9. The minimum Gasteiger partial charge on any atom is -0.337 e. The monoisotopic (exact) mass is 314 g/mol. The molecule has 6 heteroatoms. The second-order valence-corrected chi connectivity index (χ2v) is 6.11. The van der Waals surface area contributed by atoms with Crippen LogP contribution in [0.5, 0.6) is 0 Å². The van der Waals surface area contributed by atoms with Crippen LogP contribution in [0.2, 0.25) is 0 Å². The Balaban J connectivity index is 2.01. The SMILES string of the molecule is CCc1nnc(NC(=O)c2c(C)c3ccccc3n2CC)s1. The molecule has 0 spiro atoms. The normalized spacial score (nSPS) is 11.0. The molecule has 0 aliphatic rings. The summed E-state index contributed by atoms with van der Waals surface area (Å²) in [6.45, 7) is 6.79. The van der Waals surface area contributed by atoms with E-state index in [9.17, 15) is 4.79 Å². The van der Waals surface area contributed by atoms with Crippen molar-refractivity contribution in [3.63, 3.8) is 0 Å². The van der Waals surface area contributed by atoms with Gasteiger partial charge < -0.3 is 4.57 Å². The van der Waals surface area contributed by atoms with Crippen LogP contribution in [0.25, 0.3) is 10.9 Å². The number of hydrogen-bond acceptors (Lipinski definition) is 4. The number of nitrogens with zero attached hydrogens (tertiary/aromatic N) is 3. The quantitative estimate of drug-likeness (QED) is 0.800. The van der Waals surface area contributed by atoms with Crippen LogP contribution in [0.1, 0.15) is 34.9 Å². The summed E-state index contributed by atoms with van der Waals surface area (Å²) in [5.41, 5.74) is 2.77. The number of aryl methyl sites for hydroxylation is 3. The lowest BCUT2D eigenvalue weighted by Crippen LogP contribution is -2.17. The van der Waals surface area contributed by atoms with Gasteiger partial charge in [-0.2, -0.15) is 0 Å². The molecule has 2 aromatic heterocycles. The molecule has 0 saturated carbocycles. The molecule has 1 N–H and O–H groups in total. The summed E-state index contributed by atoms with van der Waals surface area (Å²) in [5, 5.41) is 13.5. The average molecular weight is 314 g/mol. The lowest BCUT2D eigenvalue weighted by atomic mass is 10.1. The summed E-state index contributed by atoms with van der Waals surface area (Å²) in [6.07, 6.45) is 0.821. The smallest absolute Gasteiger partial charge is 0.274 e. The Morgan fingerprint density at radius 3 is 2.73 bits per heavy atom. The third-order valence-electron chi connectivity index (χ3n) is 3.75. The highest BCUT2D eigenvalue weighted by Crippen LogP contribution is 2.26. The molecule has 0 saturated heterocycles. The number of hydrogen-bond donors (Lipinski definition) is 1. The van der Waals surface area contributed by atoms with E-state index in [2.05, 4.69) is 15.5 Å². The van der Waals surface area contributed by atoms with Gasteiger partial charge in [0, 0.05) is 17.4 Å². The first-order chi connectivity index (χ1) is 10.7. The van der Waals surface area contributed by atoms with Crippen LogP contribution in [-0.4, -0.2) is 20.7 Å². The standard InChI is InChI=1S/C16H18N4OS/c1-4-13-18-19-16(22-13)17-15(21)14-10(3)11-8-6-7-9-12(11)20(14)5-2/h6-9H,4-5H2,1-3H3,(H,17,19,21). The maximum atomic E-state index is 12.7. The molecule has 0 fully saturated rings. The first-order valence-corrected chi connectivity index (χ1v) is 8.18. The molecule has 3 rings (SSSR count). The zero-order chi connectivity index (χ0) is 15.7. The fraction of sp³-hybridized carbons (Fsp3) is 0.312. The second-order valence-electron chi connectivity index (χ2n) is 5.04. The van der Waals surface area contributed by atoms with Crippen LogP contribution in [0.4, 0.5) is 5.13 Å². The van der Waals surface area contributed by atoms with Crippen molar-refractivity contribution in [3.8, 4) is 0 Å². The highest BCUT2D eigenvalue weighted by Gasteiger charge is 2.20. The van der Waals surface area contributed by atoms with Gasteiger partial charge in [0.05, 0.1) is 0 Å². The lowest BCUT2D eigenvalue weighted by Gasteiger charge is -2.08. The number of fused-ring (bicyclic) bond motifs is 1. The van der Waals surface area contributed by atoms with Crippen LogP contribution < -0.4 is 5.32 Å². The van der Waals surface area contributed by atoms with Crippen LogP contribution in [0, 0.1) is 6.92 Å². The third-order valence-corrected chi connectivity index (χ3v) is 4.73. The maximum absolute atomic E-state index is 12.7. The zero-order valence-corrected chi connectivity index (χ0v) is 13.7. The van der Waals surface area contributed by atoms with Crippen molar-refractivity contribution in [2.75, 3.05) is 5.32 Å². The van der Waals surface area contributed by atoms with Gasteiger partial charge in [0.1, 0.15) is 10.7 Å². The number of rotatable bonds is 4. The number of carbonyl (C=O) groups is 1. The second kappa shape index (κ2) is 5.88. The van der Waals surface area contributed by atoms with Crippen molar-refractivity contribution >= 4 is 33.3 Å². The molecule has 3 aromatic rings. The molecule has 0 aliphatic heterocycles. The third kappa shape index (κ3) is 2.39. The molecule has 1 aromatic carbocycles. The van der Waals surface area contributed by atoms with E-state index in [0.29, 0.717) is 10.8 Å². The van der Waals surface area contributed by atoms with Gasteiger partial charge in [0.2, 0.25) is 5.13 Å². The summed E-state index contributed by atoms with van der Waals surface area (Å²) >= 11 is 1.42. The predicted octanol–water partition coefficient (Wildman–Crippen LogP) is 3.64. The fourth-order valence-electron chi connectivity index (χ4n) is 2.70. The highest BCUT2D eigenvalue weighted by atomic mass is 32.1. The first kappa shape index (κ1) is 14.7. The van der Waals surface area contributed by atoms with E-state index in [1.54, 1.807) is 0 Å². The van der Waals surface area contributed by atoms with E-state index in [0.717, 1.165) is 34.4 Å². The molecule has 0 aliphatic carbocycles. The summed E-state index contributed by atoms with van der Waals surface area (Å²) in [4.78, 5) is 12.7. The summed E-state index contributed by atoms with van der Waals surface area (Å²) < 4.78 is 2.04. The van der Waals surface area contributed by atoms with Gasteiger partial charge in [0.15, 0.2) is 0 Å². The van der Waals surface area contributed by atoms with Crippen LogP contribution in [0.15, 0.2) is 24.3 Å². The Labute approximate surface area is 133 Å². The van der Waals surface area contributed by atoms with E-state index >= 15 is 0 Å². The van der Waals surface area contributed by atoms with Gasteiger partial charge in [-0.15, -0.1) is 10.2 Å². The Bertz CT molecular complexity index is 834. The fourth-order valence-corrected chi connectivity index (χ4v) is 3.38. The van der Waals surface area contributed by atoms with Crippen LogP contribution >= 0.6 is 11.3 Å². The molecule has 0 unspecified atom stereocenters. The Morgan fingerprint density at radius 1 is 1.27 bits per heavy atom. The molecule has 2 heterocycles. The number of aromatic nitrogens is 3. The van der Waals surface area contributed by atoms with E-state index in [-0.39, 0.29) is 5.91 Å². The van der Waals surface area contributed by atoms with Crippen LogP contribution in [-0.2, 0) is 13.0 Å². The maximum Gasteiger partial charge on any atom is 0.274 e. The van der Waals surface area contributed by atoms with Gasteiger partial charge in [-0.3, -0.25) is 10.1 Å². The predicted molar refractivity (Wildman–Crippen MR) is 89.6 cm³/mol. The topological polar surface area (TPSA) is 59.8 Å². The van der Waals surface area contributed by atoms with Crippen molar-refractivity contribution in [2.45, 2.75) is 33.7 Å². The molecule has 5 nitrogen and oxygen atoms in total. The highest BCUT2D eigenvalue weighted by molar-refractivity contribution is 7.15. The van der Waals surface area contributed by atoms with Crippen molar-refractivity contribution < 1.29 is 4.79 Å². The number of benzene rings is 1. The van der Waals surface area contributed by atoms with Gasteiger partial charge in [0.25, 0.3) is 5.91 Å². The molecular formula is C16H18N4OS. The summed E-state index contributed by atoms with van der Waals surface area (Å²) in [6, 6.07) is 8.08. The Hall–Kier alpha value is -2.21. The van der Waals surface area contributed by atoms with E-state index in [1.807, 2.05) is 49.6 Å². The number of anilines is 1. The van der Waals surface area contributed by atoms with Crippen molar-refractivity contribution in [1.82, 2.24) is 14.8 Å². The molecule has 22 heavy (non-hydrogen) atoms. The number of nitrogens with one attached hydrogen (secondary N) is 1. The number of para-hydroxylation sites is 1. The molecule has 114 valence electrons. The Morgan fingerprint density at radius 2 is 2.05 bits per heavy atom. The van der Waals surface area contributed by atoms with Gasteiger partial charge in [-0.05, 0) is 31.9 Å². The van der Waals surface area contributed by atoms with E-state index < -0.39 is 0 Å². The molecule has 1 amide bonds. The summed E-state index contributed by atoms with van der Waals surface area (Å²) in [7, 11) is 0. The lowest BCUT2D eigenvalue weighted by molar-refractivity contribution is 0.101. The average Bonchev–Trinajstić information content (AvgIpc) is 3.10. The van der Waals surface area contributed by atoms with Gasteiger partial charge in [-0.1, -0.05) is 36.5 Å². The van der Waals surface area contributed by atoms with E-state index in [4.69, 9.17) is 0 Å². The minimum absolute atomic E-state index is 0.130. The van der Waals surface area contributed by atoms with Crippen LogP contribution in [0.3, 0.4) is 0 Å². The molecule has 0 bridgehead atoms. The molecule has 0 radical (unpaired) electrons. The van der Waals surface area contributed by atoms with Gasteiger partial charge >= 0.3 is 0 Å². The Kier molecular flexibility index (Phi) is 3.94. The van der Waals surface area contributed by atoms with Crippen molar-refractivity contribution in [3.05, 3.63) is 40.5 Å². The minimum atomic E-state index is -0.130. The number of amides is 1. The van der Waals surface area contributed by atoms with E-state index in [1.165, 1.54) is 11.3 Å². The van der Waals surface area contributed by atoms with Crippen molar-refractivity contribution in [2.24, 2.45) is 0 Å². The summed E-state index contributed by atoms with van der Waals surface area (Å²) in [5.74, 6) is -0.130. The molecule has 0 atom stereocenters. The van der Waals surface area contributed by atoms with Gasteiger partial charge in [-0.25, -0.2) is 0 Å². The largest absolute Gasteiger partial charge is 0.337 e. The first-order valence-electron chi connectivity index (χ1n) is 7.37.